The van der Waals surface area contributed by atoms with Gasteiger partial charge in [-0.15, -0.1) is 12.4 Å². The molecule has 5 heteroatoms. The lowest BCUT2D eigenvalue weighted by atomic mass is 9.82. The lowest BCUT2D eigenvalue weighted by Gasteiger charge is -2.27. The number of carbonyl (C=O) groups is 1. The SMILES string of the molecule is Cl.O=C(CCC1CCC1)NCCN1CCNCC1. The van der Waals surface area contributed by atoms with Crippen molar-refractivity contribution in [3.05, 3.63) is 0 Å². The van der Waals surface area contributed by atoms with E-state index in [2.05, 4.69) is 15.5 Å². The highest BCUT2D eigenvalue weighted by Crippen LogP contribution is 2.30. The molecule has 1 heterocycles. The summed E-state index contributed by atoms with van der Waals surface area (Å²) in [6.07, 6.45) is 5.88. The fourth-order valence-electron chi connectivity index (χ4n) is 2.49. The van der Waals surface area contributed by atoms with Gasteiger partial charge in [-0.25, -0.2) is 0 Å². The first kappa shape index (κ1) is 15.7. The summed E-state index contributed by atoms with van der Waals surface area (Å²) < 4.78 is 0. The Hall–Kier alpha value is -0.320. The van der Waals surface area contributed by atoms with Crippen LogP contribution in [0.1, 0.15) is 32.1 Å². The first-order chi connectivity index (χ1) is 8.34. The molecule has 1 saturated heterocycles. The maximum atomic E-state index is 11.6. The minimum atomic E-state index is 0. The van der Waals surface area contributed by atoms with E-state index in [1.165, 1.54) is 19.3 Å². The third-order valence-electron chi connectivity index (χ3n) is 3.96. The molecule has 2 fully saturated rings. The monoisotopic (exact) mass is 275 g/mol. The highest BCUT2D eigenvalue weighted by atomic mass is 35.5. The Morgan fingerprint density at radius 2 is 2.00 bits per heavy atom. The van der Waals surface area contributed by atoms with Gasteiger partial charge >= 0.3 is 0 Å². The number of hydrogen-bond donors (Lipinski definition) is 2. The molecule has 18 heavy (non-hydrogen) atoms. The standard InChI is InChI=1S/C13H25N3O.ClH/c17-13(5-4-12-2-1-3-12)15-8-11-16-9-6-14-7-10-16;/h12,14H,1-11H2,(H,15,17);1H. The second-order valence-corrected chi connectivity index (χ2v) is 5.28. The van der Waals surface area contributed by atoms with Crippen LogP contribution in [0.5, 0.6) is 0 Å². The highest BCUT2D eigenvalue weighted by Gasteiger charge is 2.18. The van der Waals surface area contributed by atoms with E-state index < -0.39 is 0 Å². The minimum absolute atomic E-state index is 0. The molecule has 106 valence electrons. The van der Waals surface area contributed by atoms with Gasteiger partial charge in [-0.3, -0.25) is 9.69 Å². The fraction of sp³-hybridized carbons (Fsp3) is 0.923. The maximum Gasteiger partial charge on any atom is 0.220 e. The molecule has 1 aliphatic heterocycles. The van der Waals surface area contributed by atoms with Crippen molar-refractivity contribution in [3.8, 4) is 0 Å². The van der Waals surface area contributed by atoms with Crippen LogP contribution in [0.2, 0.25) is 0 Å². The van der Waals surface area contributed by atoms with Crippen LogP contribution in [0, 0.1) is 5.92 Å². The van der Waals surface area contributed by atoms with Crippen LogP contribution < -0.4 is 10.6 Å². The molecule has 1 saturated carbocycles. The van der Waals surface area contributed by atoms with Crippen molar-refractivity contribution < 1.29 is 4.79 Å². The van der Waals surface area contributed by atoms with Crippen LogP contribution in [0.15, 0.2) is 0 Å². The fourth-order valence-corrected chi connectivity index (χ4v) is 2.49. The molecule has 0 aromatic rings. The molecule has 1 amide bonds. The third-order valence-corrected chi connectivity index (χ3v) is 3.96. The first-order valence-corrected chi connectivity index (χ1v) is 7.04. The average molecular weight is 276 g/mol. The molecular weight excluding hydrogens is 250 g/mol. The zero-order valence-electron chi connectivity index (χ0n) is 11.1. The second kappa shape index (κ2) is 8.73. The number of hydrogen-bond acceptors (Lipinski definition) is 3. The molecule has 0 bridgehead atoms. The van der Waals surface area contributed by atoms with Crippen molar-refractivity contribution in [2.75, 3.05) is 39.3 Å². The van der Waals surface area contributed by atoms with Crippen LogP contribution in [0.4, 0.5) is 0 Å². The van der Waals surface area contributed by atoms with Crippen LogP contribution >= 0.6 is 12.4 Å². The van der Waals surface area contributed by atoms with Crippen molar-refractivity contribution in [2.45, 2.75) is 32.1 Å². The number of amides is 1. The van der Waals surface area contributed by atoms with Gasteiger partial charge in [0.25, 0.3) is 0 Å². The third kappa shape index (κ3) is 5.55. The molecule has 0 spiro atoms. The predicted molar refractivity (Wildman–Crippen MR) is 76.1 cm³/mol. The zero-order valence-corrected chi connectivity index (χ0v) is 11.9. The molecular formula is C13H26ClN3O. The van der Waals surface area contributed by atoms with E-state index in [4.69, 9.17) is 0 Å². The van der Waals surface area contributed by atoms with Gasteiger partial charge < -0.3 is 10.6 Å². The Morgan fingerprint density at radius 3 is 2.61 bits per heavy atom. The Labute approximate surface area is 116 Å². The van der Waals surface area contributed by atoms with E-state index in [1.54, 1.807) is 0 Å². The van der Waals surface area contributed by atoms with Gasteiger partial charge in [0.05, 0.1) is 0 Å². The van der Waals surface area contributed by atoms with E-state index >= 15 is 0 Å². The van der Waals surface area contributed by atoms with Gasteiger partial charge in [-0.1, -0.05) is 19.3 Å². The van der Waals surface area contributed by atoms with Gasteiger partial charge in [0, 0.05) is 45.7 Å². The summed E-state index contributed by atoms with van der Waals surface area (Å²) in [5.74, 6) is 1.08. The lowest BCUT2D eigenvalue weighted by molar-refractivity contribution is -0.121. The molecule has 0 aromatic carbocycles. The summed E-state index contributed by atoms with van der Waals surface area (Å²) in [6, 6.07) is 0. The van der Waals surface area contributed by atoms with Crippen LogP contribution in [0.3, 0.4) is 0 Å². The first-order valence-electron chi connectivity index (χ1n) is 7.04. The lowest BCUT2D eigenvalue weighted by Crippen LogP contribution is -2.46. The van der Waals surface area contributed by atoms with Crippen molar-refractivity contribution in [3.63, 3.8) is 0 Å². The molecule has 2 N–H and O–H groups in total. The van der Waals surface area contributed by atoms with Crippen LogP contribution in [-0.4, -0.2) is 50.1 Å². The van der Waals surface area contributed by atoms with E-state index in [-0.39, 0.29) is 18.3 Å². The Morgan fingerprint density at radius 1 is 1.28 bits per heavy atom. The van der Waals surface area contributed by atoms with Gasteiger partial charge in [-0.2, -0.15) is 0 Å². The molecule has 0 radical (unpaired) electrons. The maximum absolute atomic E-state index is 11.6. The van der Waals surface area contributed by atoms with Crippen LogP contribution in [-0.2, 0) is 4.79 Å². The van der Waals surface area contributed by atoms with E-state index in [1.807, 2.05) is 0 Å². The Kier molecular flexibility index (Phi) is 7.63. The molecule has 2 rings (SSSR count). The number of halogens is 1. The number of nitrogens with one attached hydrogen (secondary N) is 2. The summed E-state index contributed by atoms with van der Waals surface area (Å²) in [6.45, 7) is 6.18. The minimum Gasteiger partial charge on any atom is -0.355 e. The molecule has 0 aromatic heterocycles. The highest BCUT2D eigenvalue weighted by molar-refractivity contribution is 5.85. The van der Waals surface area contributed by atoms with E-state index in [9.17, 15) is 4.79 Å². The second-order valence-electron chi connectivity index (χ2n) is 5.28. The summed E-state index contributed by atoms with van der Waals surface area (Å²) in [7, 11) is 0. The van der Waals surface area contributed by atoms with Crippen molar-refractivity contribution in [1.82, 2.24) is 15.5 Å². The summed E-state index contributed by atoms with van der Waals surface area (Å²) >= 11 is 0. The zero-order chi connectivity index (χ0) is 11.9. The van der Waals surface area contributed by atoms with Gasteiger partial charge in [0.1, 0.15) is 0 Å². The normalized spacial score (nSPS) is 20.9. The average Bonchev–Trinajstić information content (AvgIpc) is 2.28. The molecule has 0 atom stereocenters. The number of carbonyl (C=O) groups excluding carboxylic acids is 1. The quantitative estimate of drug-likeness (QED) is 0.761. The summed E-state index contributed by atoms with van der Waals surface area (Å²) in [5, 5.41) is 6.36. The number of rotatable bonds is 6. The van der Waals surface area contributed by atoms with Gasteiger partial charge in [-0.05, 0) is 12.3 Å². The Balaban J connectivity index is 0.00000162. The summed E-state index contributed by atoms with van der Waals surface area (Å²) in [4.78, 5) is 14.0. The van der Waals surface area contributed by atoms with Gasteiger partial charge in [0.2, 0.25) is 5.91 Å². The largest absolute Gasteiger partial charge is 0.355 e. The summed E-state index contributed by atoms with van der Waals surface area (Å²) in [5.41, 5.74) is 0. The molecule has 2 aliphatic rings. The van der Waals surface area contributed by atoms with Crippen molar-refractivity contribution in [2.24, 2.45) is 5.92 Å². The van der Waals surface area contributed by atoms with E-state index in [0.717, 1.165) is 58.0 Å². The topological polar surface area (TPSA) is 44.4 Å². The van der Waals surface area contributed by atoms with Gasteiger partial charge in [0.15, 0.2) is 0 Å². The Bertz CT molecular complexity index is 240. The van der Waals surface area contributed by atoms with Crippen LogP contribution in [0.25, 0.3) is 0 Å². The molecule has 0 unspecified atom stereocenters. The number of nitrogens with zero attached hydrogens (tertiary/aromatic N) is 1. The molecule has 1 aliphatic carbocycles. The molecule has 4 nitrogen and oxygen atoms in total. The van der Waals surface area contributed by atoms with E-state index in [0.29, 0.717) is 0 Å². The number of piperazine rings is 1. The smallest absolute Gasteiger partial charge is 0.220 e. The van der Waals surface area contributed by atoms with Crippen molar-refractivity contribution >= 4 is 18.3 Å². The van der Waals surface area contributed by atoms with Crippen molar-refractivity contribution in [1.29, 1.82) is 0 Å². The predicted octanol–water partition coefficient (Wildman–Crippen LogP) is 1.01.